The lowest BCUT2D eigenvalue weighted by Gasteiger charge is -2.10. The summed E-state index contributed by atoms with van der Waals surface area (Å²) in [6.45, 7) is 3.82. The molecule has 0 spiro atoms. The minimum Gasteiger partial charge on any atom is -0.495 e. The van der Waals surface area contributed by atoms with Crippen molar-refractivity contribution in [2.24, 2.45) is 0 Å². The van der Waals surface area contributed by atoms with Crippen molar-refractivity contribution in [3.63, 3.8) is 0 Å². The fourth-order valence-electron chi connectivity index (χ4n) is 1.28. The molecule has 0 radical (unpaired) electrons. The van der Waals surface area contributed by atoms with Crippen molar-refractivity contribution >= 4 is 15.7 Å². The van der Waals surface area contributed by atoms with E-state index >= 15 is 0 Å². The van der Waals surface area contributed by atoms with Gasteiger partial charge in [0.05, 0.1) is 7.11 Å². The van der Waals surface area contributed by atoms with E-state index in [0.717, 1.165) is 0 Å². The monoisotopic (exact) mass is 256 g/mol. The normalized spacial score (nSPS) is 11.1. The van der Waals surface area contributed by atoms with E-state index in [0.29, 0.717) is 18.7 Å². The summed E-state index contributed by atoms with van der Waals surface area (Å²) in [6, 6.07) is 4.48. The van der Waals surface area contributed by atoms with Gasteiger partial charge in [0.25, 0.3) is 0 Å². The van der Waals surface area contributed by atoms with Crippen LogP contribution in [0.25, 0.3) is 0 Å². The third-order valence-electron chi connectivity index (χ3n) is 2.12. The van der Waals surface area contributed by atoms with Gasteiger partial charge < -0.3 is 10.5 Å². The van der Waals surface area contributed by atoms with E-state index in [1.165, 1.54) is 19.2 Å². The highest BCUT2D eigenvalue weighted by molar-refractivity contribution is 7.89. The highest BCUT2D eigenvalue weighted by Gasteiger charge is 2.18. The number of ether oxygens (including phenoxy) is 1. The van der Waals surface area contributed by atoms with Crippen LogP contribution in [0.3, 0.4) is 0 Å². The van der Waals surface area contributed by atoms with Gasteiger partial charge >= 0.3 is 0 Å². The van der Waals surface area contributed by atoms with Gasteiger partial charge in [0.1, 0.15) is 10.6 Å². The van der Waals surface area contributed by atoms with E-state index in [-0.39, 0.29) is 10.6 Å². The average Bonchev–Trinajstić information content (AvgIpc) is 2.29. The van der Waals surface area contributed by atoms with Crippen LogP contribution in [0.2, 0.25) is 0 Å². The maximum atomic E-state index is 12.0. The molecule has 0 atom stereocenters. The second-order valence-electron chi connectivity index (χ2n) is 3.39. The maximum absolute atomic E-state index is 12.0. The van der Waals surface area contributed by atoms with Gasteiger partial charge in [-0.3, -0.25) is 0 Å². The summed E-state index contributed by atoms with van der Waals surface area (Å²) in [7, 11) is -2.19. The summed E-state index contributed by atoms with van der Waals surface area (Å²) in [5.74, 6) is 0.269. The lowest BCUT2D eigenvalue weighted by Crippen LogP contribution is -2.25. The van der Waals surface area contributed by atoms with Crippen molar-refractivity contribution in [3.05, 3.63) is 30.9 Å². The molecule has 17 heavy (non-hydrogen) atoms. The highest BCUT2D eigenvalue weighted by Crippen LogP contribution is 2.25. The number of sulfonamides is 1. The Kier molecular flexibility index (Phi) is 4.53. The predicted octanol–water partition coefficient (Wildman–Crippen LogP) is 1.13. The van der Waals surface area contributed by atoms with Crippen LogP contribution in [0.15, 0.2) is 35.7 Å². The van der Waals surface area contributed by atoms with Crippen LogP contribution in [0.1, 0.15) is 6.42 Å². The van der Waals surface area contributed by atoms with Crippen molar-refractivity contribution in [1.29, 1.82) is 0 Å². The van der Waals surface area contributed by atoms with E-state index < -0.39 is 10.0 Å². The molecule has 1 aromatic rings. The smallest absolute Gasteiger partial charge is 0.244 e. The number of nitrogens with one attached hydrogen (secondary N) is 1. The first-order valence-electron chi connectivity index (χ1n) is 5.05. The van der Waals surface area contributed by atoms with Crippen LogP contribution in [-0.2, 0) is 10.0 Å². The van der Waals surface area contributed by atoms with Gasteiger partial charge in [0.2, 0.25) is 10.0 Å². The molecule has 0 aliphatic rings. The zero-order chi connectivity index (χ0) is 12.9. The summed E-state index contributed by atoms with van der Waals surface area (Å²) < 4.78 is 31.4. The molecule has 0 aliphatic carbocycles. The van der Waals surface area contributed by atoms with Gasteiger partial charge in [-0.25, -0.2) is 13.1 Å². The Morgan fingerprint density at radius 1 is 1.53 bits per heavy atom. The van der Waals surface area contributed by atoms with Crippen molar-refractivity contribution in [3.8, 4) is 5.75 Å². The van der Waals surface area contributed by atoms with Crippen molar-refractivity contribution < 1.29 is 13.2 Å². The van der Waals surface area contributed by atoms with Crippen molar-refractivity contribution in [2.45, 2.75) is 11.3 Å². The minimum absolute atomic E-state index is 0.0454. The first-order chi connectivity index (χ1) is 8.01. The minimum atomic E-state index is -3.60. The molecule has 3 N–H and O–H groups in total. The van der Waals surface area contributed by atoms with Crippen LogP contribution >= 0.6 is 0 Å². The topological polar surface area (TPSA) is 81.4 Å². The molecule has 5 nitrogen and oxygen atoms in total. The van der Waals surface area contributed by atoms with E-state index in [2.05, 4.69) is 11.3 Å². The Morgan fingerprint density at radius 3 is 2.82 bits per heavy atom. The first-order valence-corrected chi connectivity index (χ1v) is 6.53. The van der Waals surface area contributed by atoms with Gasteiger partial charge in [-0.2, -0.15) is 0 Å². The third kappa shape index (κ3) is 3.47. The number of anilines is 1. The molecule has 0 bridgehead atoms. The van der Waals surface area contributed by atoms with Crippen molar-refractivity contribution in [1.82, 2.24) is 4.72 Å². The third-order valence-corrected chi connectivity index (χ3v) is 3.60. The van der Waals surface area contributed by atoms with Crippen LogP contribution < -0.4 is 15.2 Å². The molecular weight excluding hydrogens is 240 g/mol. The van der Waals surface area contributed by atoms with E-state index in [9.17, 15) is 8.42 Å². The summed E-state index contributed by atoms with van der Waals surface area (Å²) in [5, 5.41) is 0. The molecule has 1 rings (SSSR count). The molecule has 94 valence electrons. The van der Waals surface area contributed by atoms with Gasteiger partial charge in [0, 0.05) is 12.2 Å². The standard InChI is InChI=1S/C11H16N2O3S/c1-3-4-7-13-17(14,15)11-8-9(12)5-6-10(11)16-2/h3,5-6,8,13H,1,4,7,12H2,2H3. The Bertz CT molecular complexity index is 497. The van der Waals surface area contributed by atoms with Gasteiger partial charge in [-0.05, 0) is 24.6 Å². The van der Waals surface area contributed by atoms with Crippen LogP contribution in [-0.4, -0.2) is 22.1 Å². The summed E-state index contributed by atoms with van der Waals surface area (Å²) in [6.07, 6.45) is 2.20. The lowest BCUT2D eigenvalue weighted by molar-refractivity contribution is 0.402. The number of nitrogen functional groups attached to an aromatic ring is 1. The van der Waals surface area contributed by atoms with Crippen LogP contribution in [0, 0.1) is 0 Å². The van der Waals surface area contributed by atoms with Gasteiger partial charge in [0.15, 0.2) is 0 Å². The molecule has 0 aliphatic heterocycles. The number of hydrogen-bond acceptors (Lipinski definition) is 4. The molecule has 6 heteroatoms. The molecule has 0 amide bonds. The number of benzene rings is 1. The van der Waals surface area contributed by atoms with E-state index in [1.807, 2.05) is 0 Å². The van der Waals surface area contributed by atoms with Crippen LogP contribution in [0.4, 0.5) is 5.69 Å². The zero-order valence-corrected chi connectivity index (χ0v) is 10.5. The number of nitrogens with two attached hydrogens (primary N) is 1. The fraction of sp³-hybridized carbons (Fsp3) is 0.273. The molecular formula is C11H16N2O3S. The number of hydrogen-bond donors (Lipinski definition) is 2. The number of methoxy groups -OCH3 is 1. The summed E-state index contributed by atoms with van der Waals surface area (Å²) in [4.78, 5) is 0.0454. The molecule has 0 fully saturated rings. The second kappa shape index (κ2) is 5.70. The fourth-order valence-corrected chi connectivity index (χ4v) is 2.53. The predicted molar refractivity (Wildman–Crippen MR) is 67.4 cm³/mol. The summed E-state index contributed by atoms with van der Waals surface area (Å²) >= 11 is 0. The molecule has 0 heterocycles. The molecule has 0 aromatic heterocycles. The number of rotatable bonds is 6. The lowest BCUT2D eigenvalue weighted by atomic mass is 10.3. The van der Waals surface area contributed by atoms with Gasteiger partial charge in [-0.1, -0.05) is 6.08 Å². The zero-order valence-electron chi connectivity index (χ0n) is 9.64. The Labute approximate surface area is 101 Å². The van der Waals surface area contributed by atoms with Crippen LogP contribution in [0.5, 0.6) is 5.75 Å². The highest BCUT2D eigenvalue weighted by atomic mass is 32.2. The Hall–Kier alpha value is -1.53. The van der Waals surface area contributed by atoms with E-state index in [1.54, 1.807) is 12.1 Å². The molecule has 1 aromatic carbocycles. The second-order valence-corrected chi connectivity index (χ2v) is 5.12. The largest absolute Gasteiger partial charge is 0.495 e. The van der Waals surface area contributed by atoms with E-state index in [4.69, 9.17) is 10.5 Å². The average molecular weight is 256 g/mol. The molecule has 0 unspecified atom stereocenters. The summed E-state index contributed by atoms with van der Waals surface area (Å²) in [5.41, 5.74) is 5.94. The Balaban J connectivity index is 3.04. The maximum Gasteiger partial charge on any atom is 0.244 e. The van der Waals surface area contributed by atoms with Crippen molar-refractivity contribution in [2.75, 3.05) is 19.4 Å². The molecule has 0 saturated heterocycles. The first kappa shape index (κ1) is 13.5. The molecule has 0 saturated carbocycles. The SMILES string of the molecule is C=CCCNS(=O)(=O)c1cc(N)ccc1OC. The van der Waals surface area contributed by atoms with Gasteiger partial charge in [-0.15, -0.1) is 6.58 Å². The Morgan fingerprint density at radius 2 is 2.24 bits per heavy atom. The quantitative estimate of drug-likeness (QED) is 0.454.